The number of rotatable bonds is 4. The Morgan fingerprint density at radius 1 is 1.14 bits per heavy atom. The summed E-state index contributed by atoms with van der Waals surface area (Å²) in [5, 5.41) is 19.1. The van der Waals surface area contributed by atoms with Gasteiger partial charge in [0.15, 0.2) is 0 Å². The van der Waals surface area contributed by atoms with E-state index in [0.717, 1.165) is 59.4 Å². The van der Waals surface area contributed by atoms with Crippen LogP contribution in [0.1, 0.15) is 67.6 Å². The fraction of sp³-hybridized carbons (Fsp3) is 0.429. The molecular weight excluding hydrogens is 456 g/mol. The number of ether oxygens (including phenoxy) is 1. The van der Waals surface area contributed by atoms with Gasteiger partial charge >= 0.3 is 12.1 Å². The third-order valence-corrected chi connectivity index (χ3v) is 7.80. The molecule has 0 spiro atoms. The molecule has 1 N–H and O–H groups in total. The van der Waals surface area contributed by atoms with Gasteiger partial charge in [-0.2, -0.15) is 5.26 Å². The Bertz CT molecular complexity index is 1360. The number of anilines is 1. The number of imidazole rings is 1. The molecule has 1 amide bonds. The Balaban J connectivity index is 1.64. The molecule has 0 radical (unpaired) electrons. The standard InChI is InChI=1S/C28H30N4O4/c1-17-7-12-22-23(31(17)28(35)36-2)13-14-24-26(22)30-25(15-19-5-3-4-6-20(19)16-29)32(24)21-10-8-18(9-11-21)27(33)34/h3-6,13-14,17-18,21H,7-12,15H2,1-2H3,(H,33,34)/t17-,18-,21-/m0/s1. The van der Waals surface area contributed by atoms with E-state index in [-0.39, 0.29) is 24.1 Å². The number of nitrogens with zero attached hydrogens (tertiary/aromatic N) is 4. The summed E-state index contributed by atoms with van der Waals surface area (Å²) in [6.45, 7) is 2.02. The molecule has 8 heteroatoms. The first kappa shape index (κ1) is 23.9. The second-order valence-electron chi connectivity index (χ2n) is 9.85. The number of aromatic nitrogens is 2. The van der Waals surface area contributed by atoms with Crippen LogP contribution in [0.2, 0.25) is 0 Å². The third-order valence-electron chi connectivity index (χ3n) is 7.80. The summed E-state index contributed by atoms with van der Waals surface area (Å²) in [6.07, 6.45) is 4.53. The third kappa shape index (κ3) is 4.09. The number of amides is 1. The maximum absolute atomic E-state index is 12.6. The van der Waals surface area contributed by atoms with Crippen molar-refractivity contribution >= 4 is 28.8 Å². The van der Waals surface area contributed by atoms with Crippen molar-refractivity contribution < 1.29 is 19.4 Å². The van der Waals surface area contributed by atoms with Gasteiger partial charge in [0.1, 0.15) is 5.82 Å². The predicted octanol–water partition coefficient (Wildman–Crippen LogP) is 5.22. The molecule has 1 fully saturated rings. The minimum Gasteiger partial charge on any atom is -0.481 e. The van der Waals surface area contributed by atoms with Crippen LogP contribution in [0, 0.1) is 17.2 Å². The zero-order valence-corrected chi connectivity index (χ0v) is 20.6. The van der Waals surface area contributed by atoms with Gasteiger partial charge in [0, 0.05) is 24.1 Å². The molecule has 0 unspecified atom stereocenters. The SMILES string of the molecule is COC(=O)N1c2ccc3c(nc(Cc4ccccc4C#N)n3[C@H]3CC[C@H](C(=O)O)CC3)c2CC[C@@H]1C. The molecule has 3 aromatic rings. The number of nitriles is 1. The van der Waals surface area contributed by atoms with E-state index < -0.39 is 5.97 Å². The lowest BCUT2D eigenvalue weighted by atomic mass is 9.85. The average Bonchev–Trinajstić information content (AvgIpc) is 3.26. The highest BCUT2D eigenvalue weighted by Crippen LogP contribution is 2.40. The van der Waals surface area contributed by atoms with Crippen molar-refractivity contribution in [1.82, 2.24) is 9.55 Å². The van der Waals surface area contributed by atoms with Gasteiger partial charge in [-0.05, 0) is 69.2 Å². The van der Waals surface area contributed by atoms with Crippen LogP contribution < -0.4 is 4.90 Å². The molecule has 2 aromatic carbocycles. The van der Waals surface area contributed by atoms with E-state index in [2.05, 4.69) is 10.6 Å². The Morgan fingerprint density at radius 2 is 1.89 bits per heavy atom. The molecule has 1 atom stereocenters. The molecule has 36 heavy (non-hydrogen) atoms. The lowest BCUT2D eigenvalue weighted by Crippen LogP contribution is -2.42. The number of carboxylic acids is 1. The number of aliphatic carboxylic acids is 1. The second-order valence-corrected chi connectivity index (χ2v) is 9.85. The van der Waals surface area contributed by atoms with Gasteiger partial charge in [0.05, 0.1) is 41.4 Å². The molecule has 0 saturated heterocycles. The molecular formula is C28H30N4O4. The number of hydrogen-bond acceptors (Lipinski definition) is 5. The highest BCUT2D eigenvalue weighted by Gasteiger charge is 2.33. The smallest absolute Gasteiger partial charge is 0.414 e. The molecule has 1 aliphatic carbocycles. The summed E-state index contributed by atoms with van der Waals surface area (Å²) >= 11 is 0. The average molecular weight is 487 g/mol. The number of benzene rings is 2. The topological polar surface area (TPSA) is 108 Å². The fourth-order valence-corrected chi connectivity index (χ4v) is 5.89. The molecule has 186 valence electrons. The summed E-state index contributed by atoms with van der Waals surface area (Å²) in [6, 6.07) is 14.0. The van der Waals surface area contributed by atoms with E-state index in [9.17, 15) is 20.0 Å². The highest BCUT2D eigenvalue weighted by molar-refractivity contribution is 5.95. The van der Waals surface area contributed by atoms with Crippen LogP contribution in [0.4, 0.5) is 10.5 Å². The minimum atomic E-state index is -0.724. The largest absolute Gasteiger partial charge is 0.481 e. The van der Waals surface area contributed by atoms with Crippen molar-refractivity contribution in [3.05, 3.63) is 58.9 Å². The molecule has 2 heterocycles. The summed E-state index contributed by atoms with van der Waals surface area (Å²) in [4.78, 5) is 31.0. The van der Waals surface area contributed by atoms with Crippen LogP contribution in [0.15, 0.2) is 36.4 Å². The zero-order chi connectivity index (χ0) is 25.4. The van der Waals surface area contributed by atoms with E-state index in [0.29, 0.717) is 24.8 Å². The van der Waals surface area contributed by atoms with Crippen molar-refractivity contribution in [3.8, 4) is 6.07 Å². The predicted molar refractivity (Wildman–Crippen MR) is 135 cm³/mol. The monoisotopic (exact) mass is 486 g/mol. The van der Waals surface area contributed by atoms with E-state index in [1.54, 1.807) is 4.90 Å². The lowest BCUT2D eigenvalue weighted by molar-refractivity contribution is -0.143. The van der Waals surface area contributed by atoms with Crippen LogP contribution in [-0.2, 0) is 22.4 Å². The lowest BCUT2D eigenvalue weighted by Gasteiger charge is -2.34. The van der Waals surface area contributed by atoms with Crippen molar-refractivity contribution in [2.24, 2.45) is 5.92 Å². The second kappa shape index (κ2) is 9.65. The Hall–Kier alpha value is -3.86. The van der Waals surface area contributed by atoms with Crippen molar-refractivity contribution in [1.29, 1.82) is 5.26 Å². The number of aryl methyl sites for hydroxylation is 1. The molecule has 2 aliphatic rings. The van der Waals surface area contributed by atoms with Gasteiger partial charge in [-0.15, -0.1) is 0 Å². The maximum Gasteiger partial charge on any atom is 0.414 e. The van der Waals surface area contributed by atoms with Crippen LogP contribution >= 0.6 is 0 Å². The molecule has 0 bridgehead atoms. The van der Waals surface area contributed by atoms with Gasteiger partial charge in [-0.3, -0.25) is 9.69 Å². The Labute approximate surface area is 210 Å². The first-order valence-corrected chi connectivity index (χ1v) is 12.5. The van der Waals surface area contributed by atoms with Gasteiger partial charge in [-0.25, -0.2) is 9.78 Å². The first-order valence-electron chi connectivity index (χ1n) is 12.5. The number of hydrogen-bond donors (Lipinski definition) is 1. The summed E-state index contributed by atoms with van der Waals surface area (Å²) < 4.78 is 7.34. The first-order chi connectivity index (χ1) is 17.4. The number of fused-ring (bicyclic) bond motifs is 3. The van der Waals surface area contributed by atoms with Gasteiger partial charge in [0.2, 0.25) is 0 Å². The number of carboxylic acid groups (broad SMARTS) is 1. The Kier molecular flexibility index (Phi) is 6.40. The quantitative estimate of drug-likeness (QED) is 0.541. The molecule has 1 aliphatic heterocycles. The number of carbonyl (C=O) groups is 2. The van der Waals surface area contributed by atoms with Crippen LogP contribution in [0.3, 0.4) is 0 Å². The van der Waals surface area contributed by atoms with E-state index in [1.165, 1.54) is 7.11 Å². The summed E-state index contributed by atoms with van der Waals surface area (Å²) in [5.74, 6) is -0.164. The van der Waals surface area contributed by atoms with Gasteiger partial charge in [-0.1, -0.05) is 18.2 Å². The van der Waals surface area contributed by atoms with Gasteiger partial charge in [0.25, 0.3) is 0 Å². The van der Waals surface area contributed by atoms with E-state index >= 15 is 0 Å². The fourth-order valence-electron chi connectivity index (χ4n) is 5.89. The number of carbonyl (C=O) groups excluding carboxylic acids is 1. The van der Waals surface area contributed by atoms with E-state index in [1.807, 2.05) is 43.3 Å². The zero-order valence-electron chi connectivity index (χ0n) is 20.6. The minimum absolute atomic E-state index is 0.0257. The summed E-state index contributed by atoms with van der Waals surface area (Å²) in [5.41, 5.74) is 5.27. The molecule has 8 nitrogen and oxygen atoms in total. The van der Waals surface area contributed by atoms with Crippen LogP contribution in [0.5, 0.6) is 0 Å². The van der Waals surface area contributed by atoms with Crippen molar-refractivity contribution in [3.63, 3.8) is 0 Å². The Morgan fingerprint density at radius 3 is 2.58 bits per heavy atom. The van der Waals surface area contributed by atoms with E-state index in [4.69, 9.17) is 9.72 Å². The molecule has 1 aromatic heterocycles. The molecule has 1 saturated carbocycles. The van der Waals surface area contributed by atoms with Crippen molar-refractivity contribution in [2.45, 2.75) is 64.0 Å². The van der Waals surface area contributed by atoms with Crippen LogP contribution in [0.25, 0.3) is 11.0 Å². The highest BCUT2D eigenvalue weighted by atomic mass is 16.5. The number of methoxy groups -OCH3 is 1. The summed E-state index contributed by atoms with van der Waals surface area (Å²) in [7, 11) is 1.40. The molecule has 5 rings (SSSR count). The van der Waals surface area contributed by atoms with Crippen molar-refractivity contribution in [2.75, 3.05) is 12.0 Å². The maximum atomic E-state index is 12.6. The van der Waals surface area contributed by atoms with Gasteiger partial charge < -0.3 is 14.4 Å². The van der Waals surface area contributed by atoms with Crippen LogP contribution in [-0.4, -0.2) is 39.9 Å². The normalized spacial score (nSPS) is 21.6.